The van der Waals surface area contributed by atoms with Crippen LogP contribution in [0, 0.1) is 0 Å². The maximum absolute atomic E-state index is 11.4. The molecule has 1 aromatic carbocycles. The molecule has 2 N–H and O–H groups in total. The molecule has 25 heavy (non-hydrogen) atoms. The van der Waals surface area contributed by atoms with E-state index in [4.69, 9.17) is 4.74 Å². The van der Waals surface area contributed by atoms with Crippen LogP contribution in [0.25, 0.3) is 5.57 Å². The van der Waals surface area contributed by atoms with Crippen LogP contribution in [-0.4, -0.2) is 34.4 Å². The fourth-order valence-corrected chi connectivity index (χ4v) is 2.78. The summed E-state index contributed by atoms with van der Waals surface area (Å²) in [6, 6.07) is 9.66. The van der Waals surface area contributed by atoms with E-state index in [9.17, 15) is 19.8 Å². The highest BCUT2D eigenvalue weighted by atomic mass is 16.5. The third-order valence-corrected chi connectivity index (χ3v) is 4.13. The van der Waals surface area contributed by atoms with Crippen molar-refractivity contribution in [2.45, 2.75) is 31.3 Å². The number of aliphatic carboxylic acids is 1. The molecule has 0 heterocycles. The van der Waals surface area contributed by atoms with Crippen molar-refractivity contribution in [2.24, 2.45) is 0 Å². The molecule has 5 nitrogen and oxygen atoms in total. The lowest BCUT2D eigenvalue weighted by Gasteiger charge is -2.27. The summed E-state index contributed by atoms with van der Waals surface area (Å²) in [6.07, 6.45) is 6.19. The minimum absolute atomic E-state index is 0.0511. The molecule has 0 saturated heterocycles. The number of carboxylic acids is 1. The Hall–Kier alpha value is -2.66. The summed E-state index contributed by atoms with van der Waals surface area (Å²) < 4.78 is 4.94. The number of benzene rings is 1. The van der Waals surface area contributed by atoms with Crippen molar-refractivity contribution in [2.75, 3.05) is 6.61 Å². The van der Waals surface area contributed by atoms with Crippen LogP contribution in [0.15, 0.2) is 60.7 Å². The molecule has 0 amide bonds. The number of rotatable bonds is 8. The Balaban J connectivity index is 2.10. The van der Waals surface area contributed by atoms with Gasteiger partial charge in [-0.05, 0) is 36.5 Å². The van der Waals surface area contributed by atoms with Crippen LogP contribution < -0.4 is 0 Å². The van der Waals surface area contributed by atoms with Gasteiger partial charge in [0.2, 0.25) is 0 Å². The molecule has 0 fully saturated rings. The first-order chi connectivity index (χ1) is 12.0. The summed E-state index contributed by atoms with van der Waals surface area (Å²) in [5.41, 5.74) is 0.936. The first-order valence-electron chi connectivity index (χ1n) is 8.18. The molecule has 1 aliphatic carbocycles. The van der Waals surface area contributed by atoms with Gasteiger partial charge in [0.25, 0.3) is 0 Å². The second kappa shape index (κ2) is 8.44. The average Bonchev–Trinajstić information content (AvgIpc) is 2.62. The summed E-state index contributed by atoms with van der Waals surface area (Å²) in [7, 11) is 0. The van der Waals surface area contributed by atoms with Crippen molar-refractivity contribution >= 4 is 17.5 Å². The lowest BCUT2D eigenvalue weighted by atomic mass is 9.81. The number of unbranched alkanes of at least 4 members (excludes halogenated alkanes) is 1. The summed E-state index contributed by atoms with van der Waals surface area (Å²) >= 11 is 0. The molecule has 1 aromatic rings. The van der Waals surface area contributed by atoms with Crippen LogP contribution >= 0.6 is 0 Å². The van der Waals surface area contributed by atoms with Crippen LogP contribution in [0.4, 0.5) is 0 Å². The molecular formula is C20H22O5. The summed E-state index contributed by atoms with van der Waals surface area (Å²) in [4.78, 5) is 22.4. The maximum atomic E-state index is 11.4. The van der Waals surface area contributed by atoms with E-state index in [-0.39, 0.29) is 13.0 Å². The summed E-state index contributed by atoms with van der Waals surface area (Å²) in [6.45, 7) is 3.63. The van der Waals surface area contributed by atoms with E-state index in [2.05, 4.69) is 6.58 Å². The fourth-order valence-electron chi connectivity index (χ4n) is 2.78. The molecule has 0 saturated carbocycles. The first-order valence-corrected chi connectivity index (χ1v) is 8.18. The highest BCUT2D eigenvalue weighted by molar-refractivity contribution is 5.86. The lowest BCUT2D eigenvalue weighted by molar-refractivity contribution is -0.153. The van der Waals surface area contributed by atoms with E-state index < -0.39 is 17.5 Å². The van der Waals surface area contributed by atoms with Gasteiger partial charge in [-0.2, -0.15) is 0 Å². The number of hydrogen-bond donors (Lipinski definition) is 2. The van der Waals surface area contributed by atoms with E-state index in [1.165, 1.54) is 6.08 Å². The minimum Gasteiger partial charge on any atom is -0.479 e. The third-order valence-electron chi connectivity index (χ3n) is 4.13. The Morgan fingerprint density at radius 3 is 2.60 bits per heavy atom. The van der Waals surface area contributed by atoms with Gasteiger partial charge in [0.1, 0.15) is 0 Å². The molecule has 2 rings (SSSR count). The first kappa shape index (κ1) is 18.7. The number of carboxylic acid groups (broad SMARTS) is 1. The summed E-state index contributed by atoms with van der Waals surface area (Å²) in [5.74, 6) is -1.71. The molecule has 0 aliphatic heterocycles. The Bertz CT molecular complexity index is 702. The third kappa shape index (κ3) is 4.90. The molecule has 0 aromatic heterocycles. The van der Waals surface area contributed by atoms with Gasteiger partial charge in [0, 0.05) is 12.5 Å². The smallest absolute Gasteiger partial charge is 0.340 e. The molecule has 1 aliphatic rings. The minimum atomic E-state index is -1.87. The predicted octanol–water partition coefficient (Wildman–Crippen LogP) is 3.12. The SMILES string of the molecule is C=CC(=O)OCCCCC1=C(c2ccccc2)C=CC(O)(C(=O)O)C1. The van der Waals surface area contributed by atoms with Crippen molar-refractivity contribution in [3.05, 3.63) is 66.3 Å². The van der Waals surface area contributed by atoms with Crippen LogP contribution in [-0.2, 0) is 14.3 Å². The van der Waals surface area contributed by atoms with E-state index in [0.29, 0.717) is 12.8 Å². The number of carbonyl (C=O) groups is 2. The number of aliphatic hydroxyl groups is 1. The van der Waals surface area contributed by atoms with Crippen LogP contribution in [0.5, 0.6) is 0 Å². The van der Waals surface area contributed by atoms with E-state index in [1.807, 2.05) is 30.3 Å². The normalized spacial score (nSPS) is 19.6. The standard InChI is InChI=1S/C20H22O5/c1-2-18(21)25-13-7-6-10-16-14-20(24,19(22)23)12-11-17(16)15-8-4-3-5-9-15/h2-5,8-9,11-12,24H,1,6-7,10,13-14H2,(H,22,23). The van der Waals surface area contributed by atoms with Crippen molar-refractivity contribution in [1.82, 2.24) is 0 Å². The van der Waals surface area contributed by atoms with Crippen molar-refractivity contribution in [3.8, 4) is 0 Å². The van der Waals surface area contributed by atoms with E-state index in [1.54, 1.807) is 6.08 Å². The number of carbonyl (C=O) groups excluding carboxylic acids is 1. The summed E-state index contributed by atoms with van der Waals surface area (Å²) in [5, 5.41) is 19.6. The average molecular weight is 342 g/mol. The fraction of sp³-hybridized carbons (Fsp3) is 0.300. The Labute approximate surface area is 146 Å². The van der Waals surface area contributed by atoms with Crippen molar-refractivity contribution in [1.29, 1.82) is 0 Å². The number of hydrogen-bond acceptors (Lipinski definition) is 4. The Morgan fingerprint density at radius 2 is 1.96 bits per heavy atom. The molecule has 0 bridgehead atoms. The molecule has 1 unspecified atom stereocenters. The van der Waals surface area contributed by atoms with Crippen LogP contribution in [0.2, 0.25) is 0 Å². The molecule has 5 heteroatoms. The van der Waals surface area contributed by atoms with Gasteiger partial charge < -0.3 is 14.9 Å². The topological polar surface area (TPSA) is 83.8 Å². The molecule has 0 radical (unpaired) electrons. The van der Waals surface area contributed by atoms with Gasteiger partial charge in [0.05, 0.1) is 6.61 Å². The molecule has 0 spiro atoms. The zero-order valence-corrected chi connectivity index (χ0v) is 14.0. The molecular weight excluding hydrogens is 320 g/mol. The lowest BCUT2D eigenvalue weighted by Crippen LogP contribution is -2.38. The highest BCUT2D eigenvalue weighted by Gasteiger charge is 2.36. The van der Waals surface area contributed by atoms with Gasteiger partial charge >= 0.3 is 11.9 Å². The van der Waals surface area contributed by atoms with Gasteiger partial charge in [-0.3, -0.25) is 0 Å². The number of ether oxygens (including phenoxy) is 1. The largest absolute Gasteiger partial charge is 0.479 e. The Morgan fingerprint density at radius 1 is 1.24 bits per heavy atom. The molecule has 132 valence electrons. The quantitative estimate of drug-likeness (QED) is 0.431. The van der Waals surface area contributed by atoms with Gasteiger partial charge in [-0.1, -0.05) is 48.6 Å². The van der Waals surface area contributed by atoms with Gasteiger partial charge in [-0.15, -0.1) is 0 Å². The van der Waals surface area contributed by atoms with Crippen molar-refractivity contribution in [3.63, 3.8) is 0 Å². The van der Waals surface area contributed by atoms with Crippen LogP contribution in [0.1, 0.15) is 31.2 Å². The van der Waals surface area contributed by atoms with Crippen LogP contribution in [0.3, 0.4) is 0 Å². The van der Waals surface area contributed by atoms with Crippen molar-refractivity contribution < 1.29 is 24.5 Å². The predicted molar refractivity (Wildman–Crippen MR) is 94.7 cm³/mol. The number of allylic oxidation sites excluding steroid dienone is 2. The second-order valence-corrected chi connectivity index (χ2v) is 5.95. The zero-order valence-electron chi connectivity index (χ0n) is 14.0. The van der Waals surface area contributed by atoms with Gasteiger partial charge in [0.15, 0.2) is 5.60 Å². The Kier molecular flexibility index (Phi) is 6.31. The maximum Gasteiger partial charge on any atom is 0.340 e. The van der Waals surface area contributed by atoms with Gasteiger partial charge in [-0.25, -0.2) is 9.59 Å². The highest BCUT2D eigenvalue weighted by Crippen LogP contribution is 2.35. The van der Waals surface area contributed by atoms with E-state index >= 15 is 0 Å². The molecule has 1 atom stereocenters. The number of esters is 1. The monoisotopic (exact) mass is 342 g/mol. The van der Waals surface area contributed by atoms with E-state index in [0.717, 1.165) is 29.2 Å². The zero-order chi connectivity index (χ0) is 18.3. The second-order valence-electron chi connectivity index (χ2n) is 5.95.